The number of carbonyl (C=O) groups excluding carboxylic acids is 1. The molecule has 2 bridgehead atoms. The molecule has 9 nitrogen and oxygen atoms in total. The Morgan fingerprint density at radius 2 is 2.00 bits per heavy atom. The van der Waals surface area contributed by atoms with Crippen molar-refractivity contribution in [3.8, 4) is 5.75 Å². The SMILES string of the molecule is O=C1NS(=O)(=O)N(C[C@H]2CCO2)CC/C=C/[C@H](O)[C@@H]2CC[C@H]2CN2C[C@@]3(CCCc4cc(Cl)ccc43)COc3ccc1cc32. The highest BCUT2D eigenvalue weighted by atomic mass is 35.5. The molecule has 3 heterocycles. The van der Waals surface area contributed by atoms with Gasteiger partial charge >= 0.3 is 10.2 Å². The van der Waals surface area contributed by atoms with Gasteiger partial charge in [0, 0.05) is 48.8 Å². The standard InChI is InChI=1S/C33H40ClN3O6S/c34-25-8-10-28-22(16-25)4-3-13-33(28)20-36-18-24-6-9-27(24)30(38)5-1-2-14-37(19-26-12-15-42-26)44(40,41)35-32(39)23-7-11-31(43-21-33)29(36)17-23/h1,5,7-8,10-11,16-17,24,26-27,30,38H,2-4,6,9,12-15,18-21H2,(H,35,39)/b5-1+/t24-,26+,27+,30-,33-/m0/s1. The molecule has 5 atom stereocenters. The van der Waals surface area contributed by atoms with Crippen molar-refractivity contribution < 1.29 is 27.8 Å². The molecule has 7 rings (SSSR count). The van der Waals surface area contributed by atoms with E-state index < -0.39 is 22.2 Å². The van der Waals surface area contributed by atoms with Crippen LogP contribution in [0.5, 0.6) is 5.75 Å². The summed E-state index contributed by atoms with van der Waals surface area (Å²) in [6.45, 7) is 2.83. The van der Waals surface area contributed by atoms with Crippen LogP contribution in [0.15, 0.2) is 48.6 Å². The van der Waals surface area contributed by atoms with Gasteiger partial charge in [0.05, 0.1) is 24.5 Å². The minimum absolute atomic E-state index is 0.106. The van der Waals surface area contributed by atoms with Gasteiger partial charge in [-0.1, -0.05) is 29.8 Å². The molecule has 1 amide bonds. The van der Waals surface area contributed by atoms with E-state index in [4.69, 9.17) is 21.1 Å². The Morgan fingerprint density at radius 1 is 1.14 bits per heavy atom. The van der Waals surface area contributed by atoms with E-state index in [-0.39, 0.29) is 42.0 Å². The summed E-state index contributed by atoms with van der Waals surface area (Å²) in [6.07, 6.45) is 8.95. The van der Waals surface area contributed by atoms with Crippen LogP contribution < -0.4 is 14.4 Å². The van der Waals surface area contributed by atoms with Crippen LogP contribution in [0.2, 0.25) is 5.02 Å². The maximum absolute atomic E-state index is 13.5. The first-order valence-corrected chi connectivity index (χ1v) is 17.6. The zero-order valence-corrected chi connectivity index (χ0v) is 26.4. The molecular formula is C33H40ClN3O6S. The second-order valence-electron chi connectivity index (χ2n) is 13.1. The van der Waals surface area contributed by atoms with Crippen LogP contribution in [0.3, 0.4) is 0 Å². The molecule has 3 aliphatic heterocycles. The number of halogens is 1. The number of nitrogens with one attached hydrogen (secondary N) is 1. The number of amides is 1. The summed E-state index contributed by atoms with van der Waals surface area (Å²) in [4.78, 5) is 15.8. The first-order chi connectivity index (χ1) is 21.2. The molecule has 0 unspecified atom stereocenters. The Hall–Kier alpha value is -2.63. The molecule has 44 heavy (non-hydrogen) atoms. The second kappa shape index (κ2) is 11.9. The summed E-state index contributed by atoms with van der Waals surface area (Å²) in [6, 6.07) is 11.3. The molecule has 11 heteroatoms. The lowest BCUT2D eigenvalue weighted by atomic mass is 9.68. The third-order valence-electron chi connectivity index (χ3n) is 10.3. The van der Waals surface area contributed by atoms with E-state index in [1.807, 2.05) is 18.2 Å². The third kappa shape index (κ3) is 5.75. The molecule has 0 radical (unpaired) electrons. The predicted octanol–water partition coefficient (Wildman–Crippen LogP) is 4.23. The number of rotatable bonds is 2. The molecule has 2 aliphatic carbocycles. The van der Waals surface area contributed by atoms with Gasteiger partial charge < -0.3 is 19.5 Å². The van der Waals surface area contributed by atoms with Crippen molar-refractivity contribution in [2.45, 2.75) is 62.6 Å². The Labute approximate surface area is 264 Å². The predicted molar refractivity (Wildman–Crippen MR) is 169 cm³/mol. The van der Waals surface area contributed by atoms with E-state index in [0.29, 0.717) is 38.5 Å². The Kier molecular flexibility index (Phi) is 8.16. The van der Waals surface area contributed by atoms with Gasteiger partial charge in [0.15, 0.2) is 0 Å². The van der Waals surface area contributed by atoms with Crippen LogP contribution in [0.25, 0.3) is 0 Å². The summed E-state index contributed by atoms with van der Waals surface area (Å²) in [5, 5.41) is 11.9. The Morgan fingerprint density at radius 3 is 2.77 bits per heavy atom. The van der Waals surface area contributed by atoms with Gasteiger partial charge in [0.1, 0.15) is 5.75 Å². The van der Waals surface area contributed by atoms with Gasteiger partial charge in [-0.25, -0.2) is 4.72 Å². The maximum atomic E-state index is 13.5. The van der Waals surface area contributed by atoms with E-state index in [2.05, 4.69) is 21.8 Å². The Bertz CT molecular complexity index is 1560. The molecule has 2 aromatic carbocycles. The van der Waals surface area contributed by atoms with E-state index in [0.717, 1.165) is 49.2 Å². The highest BCUT2D eigenvalue weighted by Gasteiger charge is 2.44. The monoisotopic (exact) mass is 641 g/mol. The van der Waals surface area contributed by atoms with Crippen molar-refractivity contribution in [3.63, 3.8) is 0 Å². The number of anilines is 1. The lowest BCUT2D eigenvalue weighted by Gasteiger charge is -2.45. The highest BCUT2D eigenvalue weighted by Crippen LogP contribution is 2.46. The molecular weight excluding hydrogens is 602 g/mol. The van der Waals surface area contributed by atoms with Gasteiger partial charge in [-0.3, -0.25) is 4.79 Å². The molecule has 0 aromatic heterocycles. The molecule has 5 aliphatic rings. The van der Waals surface area contributed by atoms with Gasteiger partial charge in [-0.15, -0.1) is 0 Å². The van der Waals surface area contributed by atoms with Crippen molar-refractivity contribution in [3.05, 3.63) is 70.3 Å². The first-order valence-electron chi connectivity index (χ1n) is 15.8. The molecule has 2 N–H and O–H groups in total. The fourth-order valence-corrected chi connectivity index (χ4v) is 9.00. The molecule has 1 saturated heterocycles. The van der Waals surface area contributed by atoms with E-state index >= 15 is 0 Å². The minimum Gasteiger partial charge on any atom is -0.490 e. The van der Waals surface area contributed by atoms with Crippen LogP contribution in [-0.2, 0) is 26.8 Å². The summed E-state index contributed by atoms with van der Waals surface area (Å²) in [5.74, 6) is 0.367. The van der Waals surface area contributed by atoms with Crippen LogP contribution in [0.4, 0.5) is 5.69 Å². The van der Waals surface area contributed by atoms with Crippen molar-refractivity contribution in [1.29, 1.82) is 0 Å². The fraction of sp³-hybridized carbons (Fsp3) is 0.545. The number of aliphatic hydroxyl groups excluding tert-OH is 1. The van der Waals surface area contributed by atoms with Gasteiger partial charge in [0.25, 0.3) is 5.91 Å². The molecule has 236 valence electrons. The average Bonchev–Trinajstić information content (AvgIpc) is 3.10. The second-order valence-corrected chi connectivity index (χ2v) is 15.2. The molecule has 1 saturated carbocycles. The Balaban J connectivity index is 1.26. The number of fused-ring (bicyclic) bond motifs is 4. The third-order valence-corrected chi connectivity index (χ3v) is 12.0. The first kappa shape index (κ1) is 30.0. The van der Waals surface area contributed by atoms with E-state index in [1.54, 1.807) is 18.2 Å². The summed E-state index contributed by atoms with van der Waals surface area (Å²) in [7, 11) is -4.14. The summed E-state index contributed by atoms with van der Waals surface area (Å²) in [5.41, 5.74) is 3.25. The molecule has 2 fully saturated rings. The quantitative estimate of drug-likeness (QED) is 0.473. The maximum Gasteiger partial charge on any atom is 0.304 e. The summed E-state index contributed by atoms with van der Waals surface area (Å²) < 4.78 is 42.6. The number of benzene rings is 2. The van der Waals surface area contributed by atoms with Crippen molar-refractivity contribution in [2.24, 2.45) is 11.8 Å². The van der Waals surface area contributed by atoms with E-state index in [9.17, 15) is 18.3 Å². The van der Waals surface area contributed by atoms with Crippen LogP contribution in [-0.4, -0.2) is 75.3 Å². The van der Waals surface area contributed by atoms with Gasteiger partial charge in [-0.2, -0.15) is 12.7 Å². The van der Waals surface area contributed by atoms with Crippen molar-refractivity contribution in [1.82, 2.24) is 9.03 Å². The number of aryl methyl sites for hydroxylation is 1. The van der Waals surface area contributed by atoms with E-state index in [1.165, 1.54) is 15.4 Å². The molecule has 2 aromatic rings. The summed E-state index contributed by atoms with van der Waals surface area (Å²) >= 11 is 6.40. The number of carbonyl (C=O) groups is 1. The molecule has 1 spiro atoms. The number of ether oxygens (including phenoxy) is 2. The zero-order valence-electron chi connectivity index (χ0n) is 24.8. The minimum atomic E-state index is -4.14. The zero-order chi connectivity index (χ0) is 30.5. The van der Waals surface area contributed by atoms with Crippen molar-refractivity contribution >= 4 is 33.4 Å². The van der Waals surface area contributed by atoms with Crippen LogP contribution in [0, 0.1) is 11.8 Å². The van der Waals surface area contributed by atoms with Crippen LogP contribution >= 0.6 is 11.6 Å². The fourth-order valence-electron chi connectivity index (χ4n) is 7.61. The normalized spacial score (nSPS) is 32.6. The smallest absolute Gasteiger partial charge is 0.304 e. The average molecular weight is 642 g/mol. The number of hydrogen-bond acceptors (Lipinski definition) is 7. The number of hydrogen-bond donors (Lipinski definition) is 2. The largest absolute Gasteiger partial charge is 0.490 e. The van der Waals surface area contributed by atoms with Gasteiger partial charge in [-0.05, 0) is 98.2 Å². The van der Waals surface area contributed by atoms with Gasteiger partial charge in [0.2, 0.25) is 0 Å². The van der Waals surface area contributed by atoms with Crippen molar-refractivity contribution in [2.75, 3.05) is 44.3 Å². The lowest BCUT2D eigenvalue weighted by molar-refractivity contribution is -0.0574. The topological polar surface area (TPSA) is 108 Å². The lowest BCUT2D eigenvalue weighted by Crippen LogP contribution is -2.50. The highest BCUT2D eigenvalue weighted by molar-refractivity contribution is 7.87. The van der Waals surface area contributed by atoms with Crippen LogP contribution in [0.1, 0.15) is 60.0 Å². The number of nitrogens with zero attached hydrogens (tertiary/aromatic N) is 2. The number of aliphatic hydroxyl groups is 1.